The lowest BCUT2D eigenvalue weighted by Crippen LogP contribution is -2.37. The standard InChI is InChI=1S/C5H8N4O/c1-4(10)8-9-5(7)2-3-6/h2,9H,7H2,1H3,(H,8,10)/b5-2+. The highest BCUT2D eigenvalue weighted by Gasteiger charge is 1.88. The second-order valence-corrected chi connectivity index (χ2v) is 1.53. The summed E-state index contributed by atoms with van der Waals surface area (Å²) in [6.07, 6.45) is 1.08. The van der Waals surface area contributed by atoms with Gasteiger partial charge in [0, 0.05) is 6.92 Å². The number of nitrogens with one attached hydrogen (secondary N) is 2. The van der Waals surface area contributed by atoms with Crippen LogP contribution in [-0.2, 0) is 4.79 Å². The smallest absolute Gasteiger partial charge is 0.235 e. The molecule has 5 heteroatoms. The Balaban J connectivity index is 3.62. The molecule has 0 bridgehead atoms. The normalized spacial score (nSPS) is 9.80. The van der Waals surface area contributed by atoms with Crippen LogP contribution in [0.25, 0.3) is 0 Å². The first-order valence-electron chi connectivity index (χ1n) is 2.54. The van der Waals surface area contributed by atoms with Crippen molar-refractivity contribution in [2.45, 2.75) is 6.92 Å². The van der Waals surface area contributed by atoms with Crippen LogP contribution in [0.15, 0.2) is 11.9 Å². The van der Waals surface area contributed by atoms with Crippen molar-refractivity contribution in [2.75, 3.05) is 0 Å². The van der Waals surface area contributed by atoms with Crippen LogP contribution >= 0.6 is 0 Å². The molecule has 0 saturated heterocycles. The lowest BCUT2D eigenvalue weighted by atomic mass is 10.6. The summed E-state index contributed by atoms with van der Waals surface area (Å²) < 4.78 is 0. The molecule has 0 aromatic carbocycles. The van der Waals surface area contributed by atoms with E-state index < -0.39 is 0 Å². The van der Waals surface area contributed by atoms with Crippen LogP contribution < -0.4 is 16.6 Å². The third-order valence-electron chi connectivity index (χ3n) is 0.603. The van der Waals surface area contributed by atoms with Crippen LogP contribution in [-0.4, -0.2) is 5.91 Å². The maximum absolute atomic E-state index is 10.2. The Hall–Kier alpha value is -1.70. The van der Waals surface area contributed by atoms with E-state index in [-0.39, 0.29) is 11.7 Å². The molecule has 4 N–H and O–H groups in total. The summed E-state index contributed by atoms with van der Waals surface area (Å²) in [5.74, 6) is -0.160. The van der Waals surface area contributed by atoms with Gasteiger partial charge < -0.3 is 5.73 Å². The minimum absolute atomic E-state index is 0.109. The molecule has 0 radical (unpaired) electrons. The molecule has 0 aliphatic heterocycles. The molecule has 0 unspecified atom stereocenters. The van der Waals surface area contributed by atoms with Gasteiger partial charge in [-0.1, -0.05) is 0 Å². The number of hydrogen-bond acceptors (Lipinski definition) is 4. The van der Waals surface area contributed by atoms with Crippen molar-refractivity contribution in [1.29, 1.82) is 5.26 Å². The van der Waals surface area contributed by atoms with E-state index in [1.54, 1.807) is 6.07 Å². The molecule has 0 aliphatic rings. The summed E-state index contributed by atoms with van der Waals surface area (Å²) in [6.45, 7) is 1.33. The summed E-state index contributed by atoms with van der Waals surface area (Å²) in [6, 6.07) is 1.69. The molecule has 0 aliphatic carbocycles. The van der Waals surface area contributed by atoms with Gasteiger partial charge >= 0.3 is 0 Å². The number of carbonyl (C=O) groups is 1. The number of rotatable bonds is 2. The van der Waals surface area contributed by atoms with Crippen molar-refractivity contribution < 1.29 is 4.79 Å². The van der Waals surface area contributed by atoms with Crippen molar-refractivity contribution >= 4 is 5.91 Å². The highest BCUT2D eigenvalue weighted by molar-refractivity contribution is 5.72. The Labute approximate surface area is 58.5 Å². The molecule has 5 nitrogen and oxygen atoms in total. The van der Waals surface area contributed by atoms with Crippen molar-refractivity contribution in [3.8, 4) is 6.07 Å². The average Bonchev–Trinajstić information content (AvgIpc) is 1.85. The van der Waals surface area contributed by atoms with E-state index in [2.05, 4.69) is 10.9 Å². The fraction of sp³-hybridized carbons (Fsp3) is 0.200. The number of nitrogens with zero attached hydrogens (tertiary/aromatic N) is 1. The molecular formula is C5H8N4O. The van der Waals surface area contributed by atoms with Crippen molar-refractivity contribution in [1.82, 2.24) is 10.9 Å². The zero-order valence-corrected chi connectivity index (χ0v) is 5.51. The van der Waals surface area contributed by atoms with Gasteiger partial charge in [0.05, 0.1) is 12.1 Å². The van der Waals surface area contributed by atoms with Crippen LogP contribution in [0.3, 0.4) is 0 Å². The first-order valence-corrected chi connectivity index (χ1v) is 2.54. The number of carbonyl (C=O) groups excluding carboxylic acids is 1. The van der Waals surface area contributed by atoms with Gasteiger partial charge in [-0.05, 0) is 0 Å². The molecule has 0 saturated carbocycles. The topological polar surface area (TPSA) is 90.9 Å². The second-order valence-electron chi connectivity index (χ2n) is 1.53. The van der Waals surface area contributed by atoms with E-state index in [0.717, 1.165) is 6.08 Å². The highest BCUT2D eigenvalue weighted by Crippen LogP contribution is 1.69. The Morgan fingerprint density at radius 1 is 1.70 bits per heavy atom. The van der Waals surface area contributed by atoms with Gasteiger partial charge in [0.2, 0.25) is 5.91 Å². The summed E-state index contributed by atoms with van der Waals surface area (Å²) in [7, 11) is 0. The van der Waals surface area contributed by atoms with E-state index in [0.29, 0.717) is 0 Å². The van der Waals surface area contributed by atoms with Crippen molar-refractivity contribution in [3.05, 3.63) is 11.9 Å². The summed E-state index contributed by atoms with van der Waals surface area (Å²) in [4.78, 5) is 10.2. The van der Waals surface area contributed by atoms with Crippen LogP contribution in [0, 0.1) is 11.3 Å². The minimum Gasteiger partial charge on any atom is -0.384 e. The fourth-order valence-electron chi connectivity index (χ4n) is 0.266. The largest absolute Gasteiger partial charge is 0.384 e. The Morgan fingerprint density at radius 2 is 2.30 bits per heavy atom. The van der Waals surface area contributed by atoms with Gasteiger partial charge in [-0.15, -0.1) is 0 Å². The zero-order chi connectivity index (χ0) is 7.98. The molecule has 0 fully saturated rings. The van der Waals surface area contributed by atoms with E-state index >= 15 is 0 Å². The number of nitrogens with two attached hydrogens (primary N) is 1. The second kappa shape index (κ2) is 4.21. The Morgan fingerprint density at radius 3 is 2.70 bits per heavy atom. The Kier molecular flexibility index (Phi) is 3.49. The molecule has 0 aromatic heterocycles. The van der Waals surface area contributed by atoms with Gasteiger partial charge in [-0.2, -0.15) is 5.26 Å². The minimum atomic E-state index is -0.269. The summed E-state index contributed by atoms with van der Waals surface area (Å²) >= 11 is 0. The predicted molar refractivity (Wildman–Crippen MR) is 34.8 cm³/mol. The van der Waals surface area contributed by atoms with Crippen LogP contribution in [0.4, 0.5) is 0 Å². The number of nitriles is 1. The number of amides is 1. The van der Waals surface area contributed by atoms with Crippen LogP contribution in [0.2, 0.25) is 0 Å². The predicted octanol–water partition coefficient (Wildman–Crippen LogP) is -1.05. The van der Waals surface area contributed by atoms with Crippen molar-refractivity contribution in [2.24, 2.45) is 5.73 Å². The van der Waals surface area contributed by atoms with E-state index in [1.165, 1.54) is 6.92 Å². The molecule has 0 rings (SSSR count). The van der Waals surface area contributed by atoms with Gasteiger partial charge in [0.1, 0.15) is 5.82 Å². The SMILES string of the molecule is CC(=O)NN/C(N)=C/C#N. The molecule has 0 atom stereocenters. The fourth-order valence-corrected chi connectivity index (χ4v) is 0.266. The van der Waals surface area contributed by atoms with E-state index in [4.69, 9.17) is 11.0 Å². The lowest BCUT2D eigenvalue weighted by molar-refractivity contribution is -0.119. The van der Waals surface area contributed by atoms with Crippen LogP contribution in [0.5, 0.6) is 0 Å². The third kappa shape index (κ3) is 4.46. The van der Waals surface area contributed by atoms with E-state index in [9.17, 15) is 4.79 Å². The zero-order valence-electron chi connectivity index (χ0n) is 5.51. The Bertz CT molecular complexity index is 190. The monoisotopic (exact) mass is 140 g/mol. The molecule has 10 heavy (non-hydrogen) atoms. The molecule has 0 spiro atoms. The average molecular weight is 140 g/mol. The van der Waals surface area contributed by atoms with Crippen LogP contribution in [0.1, 0.15) is 6.92 Å². The molecule has 0 aromatic rings. The molecule has 0 heterocycles. The van der Waals surface area contributed by atoms with Gasteiger partial charge in [-0.25, -0.2) is 0 Å². The summed E-state index contributed by atoms with van der Waals surface area (Å²) in [5, 5.41) is 8.04. The molecule has 1 amide bonds. The van der Waals surface area contributed by atoms with E-state index in [1.807, 2.05) is 0 Å². The van der Waals surface area contributed by atoms with Gasteiger partial charge in [0.25, 0.3) is 0 Å². The molecular weight excluding hydrogens is 132 g/mol. The number of allylic oxidation sites excluding steroid dienone is 1. The van der Waals surface area contributed by atoms with Crippen molar-refractivity contribution in [3.63, 3.8) is 0 Å². The quantitative estimate of drug-likeness (QED) is 0.337. The molecule has 54 valence electrons. The van der Waals surface area contributed by atoms with Gasteiger partial charge in [-0.3, -0.25) is 15.6 Å². The maximum atomic E-state index is 10.2. The lowest BCUT2D eigenvalue weighted by Gasteiger charge is -2.02. The summed E-state index contributed by atoms with van der Waals surface area (Å²) in [5.41, 5.74) is 9.64. The highest BCUT2D eigenvalue weighted by atomic mass is 16.2. The maximum Gasteiger partial charge on any atom is 0.235 e. The number of hydrazine groups is 1. The first kappa shape index (κ1) is 8.30. The first-order chi connectivity index (χ1) is 4.66. The third-order valence-corrected chi connectivity index (χ3v) is 0.603. The number of hydrogen-bond donors (Lipinski definition) is 3. The van der Waals surface area contributed by atoms with Gasteiger partial charge in [0.15, 0.2) is 0 Å².